The molecule has 3 aliphatic rings. The number of aliphatic carboxylic acids is 1. The number of carbonyl (C=O) groups excluding carboxylic acids is 1. The van der Waals surface area contributed by atoms with Crippen molar-refractivity contribution in [2.24, 2.45) is 0 Å². The SMILES string of the molecule is O=C(O)CC1CC2(CCNCC2)c2c(C(=O)N(Br)Cc3ccccc3N3CCCC3)cccc21. The number of hydrogen-bond acceptors (Lipinski definition) is 4. The van der Waals surface area contributed by atoms with Gasteiger partial charge in [-0.25, -0.2) is 0 Å². The van der Waals surface area contributed by atoms with E-state index in [9.17, 15) is 14.7 Å². The summed E-state index contributed by atoms with van der Waals surface area (Å²) < 4.78 is 1.65. The molecule has 5 rings (SSSR count). The summed E-state index contributed by atoms with van der Waals surface area (Å²) in [6.45, 7) is 4.37. The monoisotopic (exact) mass is 525 g/mol. The average Bonchev–Trinajstić information content (AvgIpc) is 3.47. The standard InChI is InChI=1S/C27H32BrN3O3/c28-31(18-19-6-1-2-9-23(19)30-14-3-4-15-30)26(34)22-8-5-7-21-20(16-24(32)33)17-27(25(21)22)10-12-29-13-11-27/h1-2,5-9,20,29H,3-4,10-18H2,(H,32,33). The van der Waals surface area contributed by atoms with Gasteiger partial charge in [0.1, 0.15) is 0 Å². The molecule has 1 amide bonds. The van der Waals surface area contributed by atoms with E-state index in [1.807, 2.05) is 24.3 Å². The van der Waals surface area contributed by atoms with E-state index in [0.717, 1.165) is 62.1 Å². The summed E-state index contributed by atoms with van der Waals surface area (Å²) in [6.07, 6.45) is 5.19. The summed E-state index contributed by atoms with van der Waals surface area (Å²) in [4.78, 5) is 27.8. The van der Waals surface area contributed by atoms with Gasteiger partial charge in [0.15, 0.2) is 0 Å². The van der Waals surface area contributed by atoms with E-state index in [1.165, 1.54) is 18.5 Å². The fourth-order valence-electron chi connectivity index (χ4n) is 6.38. The molecule has 0 bridgehead atoms. The number of fused-ring (bicyclic) bond motifs is 2. The van der Waals surface area contributed by atoms with Crippen LogP contribution < -0.4 is 10.2 Å². The number of rotatable bonds is 6. The second kappa shape index (κ2) is 9.70. The Hall–Kier alpha value is -2.38. The van der Waals surface area contributed by atoms with Crippen LogP contribution in [0.25, 0.3) is 0 Å². The number of carboxylic acids is 1. The van der Waals surface area contributed by atoms with Gasteiger partial charge in [0.05, 0.1) is 29.1 Å². The van der Waals surface area contributed by atoms with E-state index >= 15 is 0 Å². The predicted molar refractivity (Wildman–Crippen MR) is 137 cm³/mol. The Morgan fingerprint density at radius 3 is 2.56 bits per heavy atom. The van der Waals surface area contributed by atoms with Crippen LogP contribution in [0, 0.1) is 0 Å². The zero-order valence-corrected chi connectivity index (χ0v) is 21.0. The van der Waals surface area contributed by atoms with E-state index < -0.39 is 5.97 Å². The molecule has 180 valence electrons. The molecule has 2 saturated heterocycles. The smallest absolute Gasteiger partial charge is 0.303 e. The second-order valence-corrected chi connectivity index (χ2v) is 10.8. The Balaban J connectivity index is 1.46. The first kappa shape index (κ1) is 23.4. The van der Waals surface area contributed by atoms with Gasteiger partial charge in [-0.15, -0.1) is 0 Å². The van der Waals surface area contributed by atoms with Crippen molar-refractivity contribution in [3.8, 4) is 0 Å². The lowest BCUT2D eigenvalue weighted by Crippen LogP contribution is -2.39. The number of piperidine rings is 1. The number of benzene rings is 2. The van der Waals surface area contributed by atoms with Crippen LogP contribution in [0.4, 0.5) is 5.69 Å². The quantitative estimate of drug-likeness (QED) is 0.528. The molecule has 0 saturated carbocycles. The number of para-hydroxylation sites is 1. The number of nitrogens with zero attached hydrogens (tertiary/aromatic N) is 2. The highest BCUT2D eigenvalue weighted by atomic mass is 79.9. The molecular weight excluding hydrogens is 494 g/mol. The van der Waals surface area contributed by atoms with E-state index in [1.54, 1.807) is 3.93 Å². The molecule has 34 heavy (non-hydrogen) atoms. The Morgan fingerprint density at radius 1 is 1.09 bits per heavy atom. The van der Waals surface area contributed by atoms with E-state index in [-0.39, 0.29) is 23.7 Å². The van der Waals surface area contributed by atoms with Gasteiger partial charge >= 0.3 is 5.97 Å². The molecular formula is C27H32BrN3O3. The van der Waals surface area contributed by atoms with Crippen LogP contribution >= 0.6 is 16.1 Å². The summed E-state index contributed by atoms with van der Waals surface area (Å²) >= 11 is 3.59. The second-order valence-electron chi connectivity index (χ2n) is 9.95. The zero-order chi connectivity index (χ0) is 23.7. The molecule has 7 heteroatoms. The third kappa shape index (κ3) is 4.36. The van der Waals surface area contributed by atoms with Crippen molar-refractivity contribution in [3.05, 3.63) is 64.7 Å². The Morgan fingerprint density at radius 2 is 1.82 bits per heavy atom. The molecule has 2 heterocycles. The summed E-state index contributed by atoms with van der Waals surface area (Å²) in [6, 6.07) is 14.2. The number of carboxylic acid groups (broad SMARTS) is 1. The van der Waals surface area contributed by atoms with Crippen LogP contribution in [-0.4, -0.2) is 47.1 Å². The van der Waals surface area contributed by atoms with Gasteiger partial charge in [-0.3, -0.25) is 13.5 Å². The number of hydrogen-bond donors (Lipinski definition) is 2. The maximum absolute atomic E-state index is 13.8. The van der Waals surface area contributed by atoms with Gasteiger partial charge in [-0.2, -0.15) is 0 Å². The van der Waals surface area contributed by atoms with Crippen LogP contribution in [0.3, 0.4) is 0 Å². The van der Waals surface area contributed by atoms with Gasteiger partial charge in [0.25, 0.3) is 5.91 Å². The summed E-state index contributed by atoms with van der Waals surface area (Å²) in [5, 5.41) is 13.0. The lowest BCUT2D eigenvalue weighted by molar-refractivity contribution is -0.137. The van der Waals surface area contributed by atoms with Crippen molar-refractivity contribution >= 4 is 33.7 Å². The van der Waals surface area contributed by atoms with E-state index in [2.05, 4.69) is 44.6 Å². The third-order valence-electron chi connectivity index (χ3n) is 7.88. The molecule has 0 radical (unpaired) electrons. The van der Waals surface area contributed by atoms with Crippen molar-refractivity contribution in [1.29, 1.82) is 0 Å². The van der Waals surface area contributed by atoms with Crippen molar-refractivity contribution in [1.82, 2.24) is 9.24 Å². The first-order valence-corrected chi connectivity index (χ1v) is 13.1. The maximum Gasteiger partial charge on any atom is 0.303 e. The van der Waals surface area contributed by atoms with Crippen LogP contribution in [0.5, 0.6) is 0 Å². The van der Waals surface area contributed by atoms with Gasteiger partial charge in [-0.1, -0.05) is 30.3 Å². The number of nitrogens with one attached hydrogen (secondary N) is 1. The van der Waals surface area contributed by atoms with Crippen molar-refractivity contribution in [3.63, 3.8) is 0 Å². The van der Waals surface area contributed by atoms with E-state index in [4.69, 9.17) is 0 Å². The van der Waals surface area contributed by atoms with Crippen molar-refractivity contribution in [2.45, 2.75) is 56.4 Å². The highest BCUT2D eigenvalue weighted by Crippen LogP contribution is 2.53. The van der Waals surface area contributed by atoms with Crippen molar-refractivity contribution < 1.29 is 14.7 Å². The van der Waals surface area contributed by atoms with Gasteiger partial charge in [0, 0.05) is 24.3 Å². The van der Waals surface area contributed by atoms with Crippen LogP contribution in [-0.2, 0) is 16.8 Å². The van der Waals surface area contributed by atoms with Gasteiger partial charge < -0.3 is 15.3 Å². The number of amides is 1. The first-order chi connectivity index (χ1) is 16.5. The Kier molecular flexibility index (Phi) is 6.67. The third-order valence-corrected chi connectivity index (χ3v) is 8.46. The molecule has 2 aromatic carbocycles. The Labute approximate surface area is 209 Å². The summed E-state index contributed by atoms with van der Waals surface area (Å²) in [7, 11) is 0. The molecule has 0 aromatic heterocycles. The largest absolute Gasteiger partial charge is 0.481 e. The minimum absolute atomic E-state index is 0.0435. The predicted octanol–water partition coefficient (Wildman–Crippen LogP) is 4.82. The normalized spacial score (nSPS) is 21.0. The number of halogens is 1. The van der Waals surface area contributed by atoms with Gasteiger partial charge in [-0.05, 0) is 85.3 Å². The topological polar surface area (TPSA) is 72.9 Å². The first-order valence-electron chi connectivity index (χ1n) is 12.3. The molecule has 1 aliphatic carbocycles. The zero-order valence-electron chi connectivity index (χ0n) is 19.4. The van der Waals surface area contributed by atoms with Crippen molar-refractivity contribution in [2.75, 3.05) is 31.1 Å². The fourth-order valence-corrected chi connectivity index (χ4v) is 6.84. The van der Waals surface area contributed by atoms with Crippen LogP contribution in [0.1, 0.15) is 71.5 Å². The minimum atomic E-state index is -0.778. The highest BCUT2D eigenvalue weighted by Gasteiger charge is 2.47. The highest BCUT2D eigenvalue weighted by molar-refractivity contribution is 9.07. The average molecular weight is 526 g/mol. The lowest BCUT2D eigenvalue weighted by Gasteiger charge is -2.36. The van der Waals surface area contributed by atoms with Gasteiger partial charge in [0.2, 0.25) is 0 Å². The molecule has 1 spiro atoms. The summed E-state index contributed by atoms with van der Waals surface area (Å²) in [5.41, 5.74) is 5.05. The molecule has 2 fully saturated rings. The maximum atomic E-state index is 13.8. The molecule has 6 nitrogen and oxygen atoms in total. The molecule has 2 aromatic rings. The number of anilines is 1. The fraction of sp³-hybridized carbons (Fsp3) is 0.481. The minimum Gasteiger partial charge on any atom is -0.481 e. The molecule has 2 aliphatic heterocycles. The lowest BCUT2D eigenvalue weighted by atomic mass is 9.72. The van der Waals surface area contributed by atoms with Crippen LogP contribution in [0.2, 0.25) is 0 Å². The summed E-state index contributed by atoms with van der Waals surface area (Å²) in [5.74, 6) is -0.876. The number of carbonyl (C=O) groups is 2. The molecule has 1 unspecified atom stereocenters. The molecule has 2 N–H and O–H groups in total. The molecule has 1 atom stereocenters. The van der Waals surface area contributed by atoms with Crippen LogP contribution in [0.15, 0.2) is 42.5 Å². The Bertz CT molecular complexity index is 1080. The van der Waals surface area contributed by atoms with E-state index in [0.29, 0.717) is 12.1 Å².